The van der Waals surface area contributed by atoms with Crippen molar-refractivity contribution in [3.05, 3.63) is 72.4 Å². The van der Waals surface area contributed by atoms with E-state index in [9.17, 15) is 16.8 Å². The molecule has 1 aliphatic rings. The van der Waals surface area contributed by atoms with Crippen molar-refractivity contribution >= 4 is 51.4 Å². The first-order valence-corrected chi connectivity index (χ1v) is 13.6. The fraction of sp³-hybridized carbons (Fsp3) is 0.182. The van der Waals surface area contributed by atoms with E-state index in [1.807, 2.05) is 24.3 Å². The summed E-state index contributed by atoms with van der Waals surface area (Å²) in [5.41, 5.74) is 0.686. The predicted octanol–water partition coefficient (Wildman–Crippen LogP) is 3.92. The zero-order chi connectivity index (χ0) is 22.7. The summed E-state index contributed by atoms with van der Waals surface area (Å²) in [5, 5.41) is 1.03. The van der Waals surface area contributed by atoms with Crippen molar-refractivity contribution in [3.8, 4) is 5.75 Å². The third kappa shape index (κ3) is 3.36. The smallest absolute Gasteiger partial charge is 0.268 e. The van der Waals surface area contributed by atoms with Gasteiger partial charge in [-0.25, -0.2) is 20.8 Å². The number of ether oxygens (including phenoxy) is 1. The van der Waals surface area contributed by atoms with Crippen molar-refractivity contribution in [3.63, 3.8) is 0 Å². The molecule has 0 radical (unpaired) electrons. The van der Waals surface area contributed by atoms with Crippen LogP contribution in [0.4, 0.5) is 0 Å². The summed E-state index contributed by atoms with van der Waals surface area (Å²) >= 11 is 0. The number of benzene rings is 3. The van der Waals surface area contributed by atoms with Gasteiger partial charge in [0.1, 0.15) is 12.4 Å². The number of halogens is 1. The van der Waals surface area contributed by atoms with Crippen molar-refractivity contribution in [2.75, 3.05) is 20.2 Å². The highest BCUT2D eigenvalue weighted by molar-refractivity contribution is 8.13. The highest BCUT2D eigenvalue weighted by Gasteiger charge is 2.36. The van der Waals surface area contributed by atoms with E-state index < -0.39 is 24.4 Å². The highest BCUT2D eigenvalue weighted by atomic mass is 35.7. The van der Waals surface area contributed by atoms with Crippen LogP contribution in [-0.2, 0) is 19.1 Å². The standard InChI is InChI=1S/C22H19ClN2O5S2/c1-24-12-13-30-20-9-8-19-18(21(20)22(24)31(23,26)27)10-11-25(19)32(28,29)17-7-6-15-4-2-3-5-16(15)14-17/h2-11,14,22H,12-13H2,1H3. The van der Waals surface area contributed by atoms with Crippen LogP contribution in [0.15, 0.2) is 71.8 Å². The lowest BCUT2D eigenvalue weighted by Gasteiger charge is -2.23. The maximum absolute atomic E-state index is 13.5. The van der Waals surface area contributed by atoms with Gasteiger partial charge in [0.2, 0.25) is 0 Å². The van der Waals surface area contributed by atoms with Gasteiger partial charge in [-0.2, -0.15) is 0 Å². The van der Waals surface area contributed by atoms with Crippen molar-refractivity contribution in [2.45, 2.75) is 10.3 Å². The molecule has 0 amide bonds. The molecule has 1 unspecified atom stereocenters. The van der Waals surface area contributed by atoms with E-state index >= 15 is 0 Å². The predicted molar refractivity (Wildman–Crippen MR) is 124 cm³/mol. The summed E-state index contributed by atoms with van der Waals surface area (Å²) in [6.45, 7) is 0.636. The molecule has 7 nitrogen and oxygen atoms in total. The summed E-state index contributed by atoms with van der Waals surface area (Å²) in [5.74, 6) is 0.372. The third-order valence-corrected chi connectivity index (χ3v) is 9.05. The van der Waals surface area contributed by atoms with Crippen molar-refractivity contribution in [2.24, 2.45) is 0 Å². The van der Waals surface area contributed by atoms with E-state index in [0.29, 0.717) is 28.8 Å². The first kappa shape index (κ1) is 21.3. The van der Waals surface area contributed by atoms with Gasteiger partial charge in [0.05, 0.1) is 10.4 Å². The molecule has 0 aliphatic carbocycles. The van der Waals surface area contributed by atoms with E-state index in [-0.39, 0.29) is 11.5 Å². The van der Waals surface area contributed by atoms with Gasteiger partial charge in [0.25, 0.3) is 19.1 Å². The zero-order valence-corrected chi connectivity index (χ0v) is 19.4. The van der Waals surface area contributed by atoms with Crippen LogP contribution in [0.25, 0.3) is 21.7 Å². The quantitative estimate of drug-likeness (QED) is 0.404. The SMILES string of the molecule is CN1CCOc2ccc3c(ccn3S(=O)(=O)c3ccc4ccccc4c3)c2C1S(=O)(=O)Cl. The molecular weight excluding hydrogens is 472 g/mol. The Morgan fingerprint density at radius 3 is 2.47 bits per heavy atom. The van der Waals surface area contributed by atoms with Gasteiger partial charge in [-0.3, -0.25) is 4.90 Å². The topological polar surface area (TPSA) is 85.7 Å². The average molecular weight is 491 g/mol. The van der Waals surface area contributed by atoms with Crippen LogP contribution in [0, 0.1) is 0 Å². The third-order valence-electron chi connectivity index (χ3n) is 5.73. The normalized spacial score (nSPS) is 17.8. The molecule has 1 aliphatic heterocycles. The zero-order valence-electron chi connectivity index (χ0n) is 17.0. The number of rotatable bonds is 3. The fourth-order valence-corrected chi connectivity index (χ4v) is 7.34. The van der Waals surface area contributed by atoms with Crippen LogP contribution in [0.5, 0.6) is 5.75 Å². The Kier molecular flexibility index (Phi) is 4.97. The van der Waals surface area contributed by atoms with Crippen LogP contribution < -0.4 is 4.74 Å². The maximum atomic E-state index is 13.5. The Bertz CT molecular complexity index is 1580. The molecule has 3 aromatic carbocycles. The van der Waals surface area contributed by atoms with Gasteiger partial charge in [0, 0.05) is 34.4 Å². The lowest BCUT2D eigenvalue weighted by Crippen LogP contribution is -2.29. The first-order valence-electron chi connectivity index (χ1n) is 9.83. The molecule has 166 valence electrons. The second-order valence-corrected chi connectivity index (χ2v) is 12.2. The molecule has 1 aromatic heterocycles. The Morgan fingerprint density at radius 1 is 0.969 bits per heavy atom. The molecule has 5 rings (SSSR count). The Labute approximate surface area is 190 Å². The molecular formula is C22H19ClN2O5S2. The van der Waals surface area contributed by atoms with Crippen LogP contribution in [-0.4, -0.2) is 45.9 Å². The molecule has 10 heteroatoms. The summed E-state index contributed by atoms with van der Waals surface area (Å²) in [6, 6.07) is 17.3. The summed E-state index contributed by atoms with van der Waals surface area (Å²) < 4.78 is 58.8. The molecule has 32 heavy (non-hydrogen) atoms. The average Bonchev–Trinajstić information content (AvgIpc) is 3.11. The van der Waals surface area contributed by atoms with Crippen molar-refractivity contribution in [1.82, 2.24) is 8.87 Å². The highest BCUT2D eigenvalue weighted by Crippen LogP contribution is 2.42. The lowest BCUT2D eigenvalue weighted by atomic mass is 10.1. The minimum atomic E-state index is -4.05. The van der Waals surface area contributed by atoms with Crippen LogP contribution in [0.2, 0.25) is 0 Å². The molecule has 0 bridgehead atoms. The van der Waals surface area contributed by atoms with E-state index in [1.165, 1.54) is 6.20 Å². The summed E-state index contributed by atoms with van der Waals surface area (Å²) in [6.07, 6.45) is 1.43. The van der Waals surface area contributed by atoms with Gasteiger partial charge in [-0.1, -0.05) is 30.3 Å². The fourth-order valence-electron chi connectivity index (χ4n) is 4.22. The lowest BCUT2D eigenvalue weighted by molar-refractivity contribution is 0.252. The van der Waals surface area contributed by atoms with E-state index in [1.54, 1.807) is 48.3 Å². The maximum Gasteiger partial charge on any atom is 0.268 e. The number of likely N-dealkylation sites (N-methyl/N-ethyl adjacent to an activating group) is 1. The Morgan fingerprint density at radius 2 is 1.72 bits per heavy atom. The molecule has 2 heterocycles. The van der Waals surface area contributed by atoms with Crippen LogP contribution in [0.3, 0.4) is 0 Å². The number of hydrogen-bond acceptors (Lipinski definition) is 6. The second kappa shape index (κ2) is 7.48. The Balaban J connectivity index is 1.73. The van der Waals surface area contributed by atoms with E-state index in [4.69, 9.17) is 15.4 Å². The molecule has 0 fully saturated rings. The van der Waals surface area contributed by atoms with Gasteiger partial charge >= 0.3 is 0 Å². The minimum absolute atomic E-state index is 0.138. The number of hydrogen-bond donors (Lipinski definition) is 0. The molecule has 0 spiro atoms. The van der Waals surface area contributed by atoms with Crippen molar-refractivity contribution in [1.29, 1.82) is 0 Å². The van der Waals surface area contributed by atoms with Crippen LogP contribution in [0.1, 0.15) is 10.9 Å². The largest absolute Gasteiger partial charge is 0.492 e. The minimum Gasteiger partial charge on any atom is -0.492 e. The molecule has 0 saturated heterocycles. The van der Waals surface area contributed by atoms with Gasteiger partial charge in [-0.15, -0.1) is 0 Å². The van der Waals surface area contributed by atoms with Crippen molar-refractivity contribution < 1.29 is 21.6 Å². The summed E-state index contributed by atoms with van der Waals surface area (Å²) in [7, 11) is -0.533. The molecule has 0 saturated carbocycles. The number of nitrogens with zero attached hydrogens (tertiary/aromatic N) is 2. The molecule has 1 atom stereocenters. The first-order chi connectivity index (χ1) is 15.2. The second-order valence-electron chi connectivity index (χ2n) is 7.69. The van der Waals surface area contributed by atoms with Gasteiger partial charge < -0.3 is 4.74 Å². The van der Waals surface area contributed by atoms with Gasteiger partial charge in [0.15, 0.2) is 5.37 Å². The van der Waals surface area contributed by atoms with E-state index in [2.05, 4.69) is 0 Å². The Hall–Kier alpha value is -2.59. The number of fused-ring (bicyclic) bond motifs is 4. The monoisotopic (exact) mass is 490 g/mol. The van der Waals surface area contributed by atoms with E-state index in [0.717, 1.165) is 14.7 Å². The van der Waals surface area contributed by atoms with Gasteiger partial charge in [-0.05, 0) is 48.2 Å². The summed E-state index contributed by atoms with van der Waals surface area (Å²) in [4.78, 5) is 1.72. The number of aromatic nitrogens is 1. The molecule has 0 N–H and O–H groups in total. The van der Waals surface area contributed by atoms with Crippen LogP contribution >= 0.6 is 10.7 Å². The molecule has 4 aromatic rings.